The zero-order valence-electron chi connectivity index (χ0n) is 6.78. The zero-order valence-corrected chi connectivity index (χ0v) is 7.60. The van der Waals surface area contributed by atoms with Crippen LogP contribution in [0.1, 0.15) is 6.92 Å². The van der Waals surface area contributed by atoms with Crippen molar-refractivity contribution < 1.29 is 4.79 Å². The third-order valence-electron chi connectivity index (χ3n) is 1.42. The van der Waals surface area contributed by atoms with Crippen LogP contribution in [0.15, 0.2) is 4.99 Å². The van der Waals surface area contributed by atoms with E-state index in [4.69, 9.17) is 5.26 Å². The number of Topliss-reactive ketones (excluding diaryl/α,β-unsaturated/α-hetero) is 1. The van der Waals surface area contributed by atoms with Gasteiger partial charge in [-0.1, -0.05) is 11.8 Å². The van der Waals surface area contributed by atoms with E-state index in [1.165, 1.54) is 18.7 Å². The van der Waals surface area contributed by atoms with Gasteiger partial charge in [-0.05, 0) is 6.92 Å². The topological polar surface area (TPSA) is 56.5 Å². The van der Waals surface area contributed by atoms with Crippen molar-refractivity contribution in [1.82, 2.24) is 4.90 Å². The monoisotopic (exact) mass is 183 g/mol. The second kappa shape index (κ2) is 4.12. The van der Waals surface area contributed by atoms with Crippen molar-refractivity contribution in [3.05, 3.63) is 0 Å². The Hall–Kier alpha value is -1.02. The molecule has 1 aliphatic heterocycles. The quantitative estimate of drug-likeness (QED) is 0.584. The molecule has 0 aromatic heterocycles. The molecule has 0 N–H and O–H groups in total. The Morgan fingerprint density at radius 2 is 2.67 bits per heavy atom. The van der Waals surface area contributed by atoms with Crippen LogP contribution in [0.4, 0.5) is 0 Å². The standard InChI is InChI=1S/C7H9N3OS/c1-6(11)4-10-2-3-12-7(10)9-5-8/h2-4H2,1H3. The summed E-state index contributed by atoms with van der Waals surface area (Å²) in [4.78, 5) is 16.2. The molecular formula is C7H9N3OS. The molecule has 0 unspecified atom stereocenters. The van der Waals surface area contributed by atoms with E-state index in [0.717, 1.165) is 12.3 Å². The molecule has 0 bridgehead atoms. The van der Waals surface area contributed by atoms with E-state index in [0.29, 0.717) is 11.7 Å². The van der Waals surface area contributed by atoms with Crippen LogP contribution in [-0.4, -0.2) is 34.7 Å². The van der Waals surface area contributed by atoms with Crippen LogP contribution in [0.2, 0.25) is 0 Å². The average Bonchev–Trinajstić information content (AvgIpc) is 2.37. The molecule has 12 heavy (non-hydrogen) atoms. The third-order valence-corrected chi connectivity index (χ3v) is 2.42. The number of ketones is 1. The summed E-state index contributed by atoms with van der Waals surface area (Å²) in [6.07, 6.45) is 1.73. The molecule has 64 valence electrons. The highest BCUT2D eigenvalue weighted by molar-refractivity contribution is 8.14. The van der Waals surface area contributed by atoms with Gasteiger partial charge >= 0.3 is 0 Å². The predicted octanol–water partition coefficient (Wildman–Crippen LogP) is 0.461. The smallest absolute Gasteiger partial charge is 0.208 e. The van der Waals surface area contributed by atoms with Crippen LogP contribution in [0.5, 0.6) is 0 Å². The van der Waals surface area contributed by atoms with E-state index >= 15 is 0 Å². The van der Waals surface area contributed by atoms with Crippen molar-refractivity contribution in [3.63, 3.8) is 0 Å². The summed E-state index contributed by atoms with van der Waals surface area (Å²) < 4.78 is 0. The molecule has 0 aromatic carbocycles. The fraction of sp³-hybridized carbons (Fsp3) is 0.571. The van der Waals surface area contributed by atoms with Gasteiger partial charge in [0.25, 0.3) is 0 Å². The average molecular weight is 183 g/mol. The highest BCUT2D eigenvalue weighted by atomic mass is 32.2. The number of hydrogen-bond acceptors (Lipinski definition) is 4. The van der Waals surface area contributed by atoms with Crippen LogP contribution in [0.25, 0.3) is 0 Å². The SMILES string of the molecule is CC(=O)CN1CCSC1=NC#N. The molecule has 0 spiro atoms. The van der Waals surface area contributed by atoms with Gasteiger partial charge in [0.15, 0.2) is 5.17 Å². The van der Waals surface area contributed by atoms with Gasteiger partial charge in [0.05, 0.1) is 6.54 Å². The summed E-state index contributed by atoms with van der Waals surface area (Å²) in [5.41, 5.74) is 0. The second-order valence-electron chi connectivity index (χ2n) is 2.47. The number of nitriles is 1. The van der Waals surface area contributed by atoms with Crippen molar-refractivity contribution in [2.75, 3.05) is 18.8 Å². The first-order valence-corrected chi connectivity index (χ1v) is 4.56. The molecule has 1 rings (SSSR count). The first-order valence-electron chi connectivity index (χ1n) is 3.58. The Labute approximate surface area is 75.3 Å². The number of hydrogen-bond donors (Lipinski definition) is 0. The van der Waals surface area contributed by atoms with Crippen LogP contribution in [0.3, 0.4) is 0 Å². The summed E-state index contributed by atoms with van der Waals surface area (Å²) in [5, 5.41) is 8.99. The van der Waals surface area contributed by atoms with E-state index in [9.17, 15) is 4.79 Å². The largest absolute Gasteiger partial charge is 0.342 e. The highest BCUT2D eigenvalue weighted by Gasteiger charge is 2.19. The molecule has 1 fully saturated rings. The van der Waals surface area contributed by atoms with Gasteiger partial charge in [0.2, 0.25) is 6.19 Å². The van der Waals surface area contributed by atoms with Crippen LogP contribution in [0, 0.1) is 11.5 Å². The number of aliphatic imine (C=N–C) groups is 1. The van der Waals surface area contributed by atoms with Crippen molar-refractivity contribution in [1.29, 1.82) is 5.26 Å². The lowest BCUT2D eigenvalue weighted by molar-refractivity contribution is -0.117. The normalized spacial score (nSPS) is 19.7. The number of rotatable bonds is 2. The van der Waals surface area contributed by atoms with Gasteiger partial charge in [0.1, 0.15) is 5.78 Å². The molecule has 0 atom stereocenters. The van der Waals surface area contributed by atoms with Crippen molar-refractivity contribution in [2.45, 2.75) is 6.92 Å². The first kappa shape index (κ1) is 9.07. The number of carbonyl (C=O) groups is 1. The molecule has 5 heteroatoms. The Morgan fingerprint density at radius 1 is 1.92 bits per heavy atom. The van der Waals surface area contributed by atoms with E-state index < -0.39 is 0 Å². The second-order valence-corrected chi connectivity index (χ2v) is 3.53. The molecule has 0 radical (unpaired) electrons. The van der Waals surface area contributed by atoms with E-state index in [1.54, 1.807) is 6.19 Å². The number of thioether (sulfide) groups is 1. The number of amidine groups is 1. The molecule has 0 amide bonds. The molecule has 1 saturated heterocycles. The Bertz CT molecular complexity index is 256. The molecule has 0 aromatic rings. The van der Waals surface area contributed by atoms with Crippen molar-refractivity contribution in [3.8, 4) is 6.19 Å². The Balaban J connectivity index is 2.59. The molecule has 1 aliphatic rings. The van der Waals surface area contributed by atoms with E-state index in [-0.39, 0.29) is 5.78 Å². The van der Waals surface area contributed by atoms with E-state index in [2.05, 4.69) is 4.99 Å². The highest BCUT2D eigenvalue weighted by Crippen LogP contribution is 2.17. The number of carbonyl (C=O) groups excluding carboxylic acids is 1. The molecule has 0 saturated carbocycles. The summed E-state index contributed by atoms with van der Waals surface area (Å²) in [7, 11) is 0. The summed E-state index contributed by atoms with van der Waals surface area (Å²) >= 11 is 1.52. The van der Waals surface area contributed by atoms with Crippen molar-refractivity contribution >= 4 is 22.7 Å². The number of nitrogens with zero attached hydrogens (tertiary/aromatic N) is 3. The molecule has 1 heterocycles. The molecule has 4 nitrogen and oxygen atoms in total. The fourth-order valence-electron chi connectivity index (χ4n) is 0.995. The maximum atomic E-state index is 10.8. The van der Waals surface area contributed by atoms with Gasteiger partial charge in [-0.25, -0.2) is 0 Å². The van der Waals surface area contributed by atoms with Gasteiger partial charge in [-0.15, -0.1) is 4.99 Å². The summed E-state index contributed by atoms with van der Waals surface area (Å²) in [6, 6.07) is 0. The zero-order chi connectivity index (χ0) is 8.97. The van der Waals surface area contributed by atoms with Crippen LogP contribution in [-0.2, 0) is 4.79 Å². The lowest BCUT2D eigenvalue weighted by Crippen LogP contribution is -2.29. The predicted molar refractivity (Wildman–Crippen MR) is 47.8 cm³/mol. The minimum atomic E-state index is 0.100. The lowest BCUT2D eigenvalue weighted by Gasteiger charge is -2.13. The van der Waals surface area contributed by atoms with Gasteiger partial charge < -0.3 is 4.90 Å². The fourth-order valence-corrected chi connectivity index (χ4v) is 1.93. The van der Waals surface area contributed by atoms with Crippen molar-refractivity contribution in [2.24, 2.45) is 4.99 Å². The Kier molecular flexibility index (Phi) is 3.11. The maximum Gasteiger partial charge on any atom is 0.208 e. The minimum absolute atomic E-state index is 0.100. The lowest BCUT2D eigenvalue weighted by atomic mass is 10.4. The summed E-state index contributed by atoms with van der Waals surface area (Å²) in [6.45, 7) is 2.71. The third kappa shape index (κ3) is 2.24. The maximum absolute atomic E-state index is 10.8. The van der Waals surface area contributed by atoms with E-state index in [1.807, 2.05) is 4.90 Å². The molecule has 0 aliphatic carbocycles. The first-order chi connectivity index (χ1) is 5.74. The minimum Gasteiger partial charge on any atom is -0.342 e. The molecular weight excluding hydrogens is 174 g/mol. The van der Waals surface area contributed by atoms with Gasteiger partial charge in [-0.2, -0.15) is 5.26 Å². The van der Waals surface area contributed by atoms with Gasteiger partial charge in [0, 0.05) is 12.3 Å². The summed E-state index contributed by atoms with van der Waals surface area (Å²) in [5.74, 6) is 1.01. The van der Waals surface area contributed by atoms with Gasteiger partial charge in [-0.3, -0.25) is 4.79 Å². The van der Waals surface area contributed by atoms with Crippen LogP contribution < -0.4 is 0 Å². The van der Waals surface area contributed by atoms with Crippen LogP contribution >= 0.6 is 11.8 Å². The Morgan fingerprint density at radius 3 is 3.25 bits per heavy atom.